The van der Waals surface area contributed by atoms with Gasteiger partial charge in [0.1, 0.15) is 5.52 Å². The number of rotatable bonds is 5. The number of unbranched alkanes of at least 4 members (excludes halogenated alkanes) is 1. The van der Waals surface area contributed by atoms with Crippen LogP contribution >= 0.6 is 0 Å². The average Bonchev–Trinajstić information content (AvgIpc) is 3.16. The molecule has 0 unspecified atom stereocenters. The highest BCUT2D eigenvalue weighted by Crippen LogP contribution is 2.31. The molecule has 4 aromatic rings. The van der Waals surface area contributed by atoms with Gasteiger partial charge in [-0.3, -0.25) is 4.98 Å². The summed E-state index contributed by atoms with van der Waals surface area (Å²) in [7, 11) is 2.07. The zero-order chi connectivity index (χ0) is 16.5. The topological polar surface area (TPSA) is 66.7 Å². The molecule has 0 fully saturated rings. The number of aliphatic hydroxyl groups excluding tert-OH is 1. The molecule has 0 aliphatic rings. The SMILES string of the molecule is Cn1cc(-c2cc3nccnc3[nH]2)c2cc(CCCCO)ccc21. The number of H-pyrrole nitrogens is 1. The van der Waals surface area contributed by atoms with Crippen LogP contribution in [-0.4, -0.2) is 31.2 Å². The van der Waals surface area contributed by atoms with E-state index >= 15 is 0 Å². The van der Waals surface area contributed by atoms with Gasteiger partial charge in [-0.2, -0.15) is 0 Å². The van der Waals surface area contributed by atoms with Gasteiger partial charge >= 0.3 is 0 Å². The summed E-state index contributed by atoms with van der Waals surface area (Å²) in [6.45, 7) is 0.258. The second kappa shape index (κ2) is 6.09. The standard InChI is InChI=1S/C19H20N4O/c1-23-12-15(16-11-17-19(22-16)21-8-7-20-17)14-10-13(4-2-3-9-24)5-6-18(14)23/h5-8,10-12,24H,2-4,9H2,1H3,(H,21,22). The van der Waals surface area contributed by atoms with Gasteiger partial charge in [0.05, 0.1) is 5.69 Å². The fraction of sp³-hybridized carbons (Fsp3) is 0.263. The van der Waals surface area contributed by atoms with Crippen LogP contribution in [0.15, 0.2) is 42.9 Å². The number of aromatic nitrogens is 4. The number of hydrogen-bond donors (Lipinski definition) is 2. The molecule has 5 heteroatoms. The third-order valence-electron chi connectivity index (χ3n) is 4.48. The number of benzene rings is 1. The van der Waals surface area contributed by atoms with Crippen LogP contribution in [-0.2, 0) is 13.5 Å². The first-order chi connectivity index (χ1) is 11.8. The number of hydrogen-bond acceptors (Lipinski definition) is 3. The number of aromatic amines is 1. The third-order valence-corrected chi connectivity index (χ3v) is 4.48. The highest BCUT2D eigenvalue weighted by Gasteiger charge is 2.12. The van der Waals surface area contributed by atoms with E-state index in [1.54, 1.807) is 12.4 Å². The van der Waals surface area contributed by atoms with Crippen molar-refractivity contribution in [3.63, 3.8) is 0 Å². The fourth-order valence-corrected chi connectivity index (χ4v) is 3.25. The minimum atomic E-state index is 0.258. The van der Waals surface area contributed by atoms with Gasteiger partial charge in [0.15, 0.2) is 5.65 Å². The Balaban J connectivity index is 1.80. The van der Waals surface area contributed by atoms with Gasteiger partial charge in [-0.15, -0.1) is 0 Å². The van der Waals surface area contributed by atoms with E-state index < -0.39 is 0 Å². The lowest BCUT2D eigenvalue weighted by Gasteiger charge is -2.03. The molecule has 0 atom stereocenters. The molecular weight excluding hydrogens is 300 g/mol. The van der Waals surface area contributed by atoms with E-state index in [0.29, 0.717) is 0 Å². The van der Waals surface area contributed by atoms with Gasteiger partial charge < -0.3 is 14.7 Å². The zero-order valence-electron chi connectivity index (χ0n) is 13.7. The number of nitrogens with one attached hydrogen (secondary N) is 1. The Bertz CT molecular complexity index is 966. The number of nitrogens with zero attached hydrogens (tertiary/aromatic N) is 3. The quantitative estimate of drug-likeness (QED) is 0.554. The molecule has 0 aliphatic carbocycles. The molecule has 1 aromatic carbocycles. The summed E-state index contributed by atoms with van der Waals surface area (Å²) in [6.07, 6.45) is 8.39. The van der Waals surface area contributed by atoms with E-state index in [1.807, 2.05) is 0 Å². The number of fused-ring (bicyclic) bond motifs is 2. The van der Waals surface area contributed by atoms with E-state index in [-0.39, 0.29) is 6.61 Å². The second-order valence-corrected chi connectivity index (χ2v) is 6.16. The highest BCUT2D eigenvalue weighted by molar-refractivity contribution is 5.97. The van der Waals surface area contributed by atoms with Crippen LogP contribution < -0.4 is 0 Å². The summed E-state index contributed by atoms with van der Waals surface area (Å²) in [5, 5.41) is 10.2. The van der Waals surface area contributed by atoms with Gasteiger partial charge in [-0.1, -0.05) is 6.07 Å². The van der Waals surface area contributed by atoms with E-state index in [0.717, 1.165) is 41.7 Å². The van der Waals surface area contributed by atoms with E-state index in [4.69, 9.17) is 5.11 Å². The average molecular weight is 320 g/mol. The summed E-state index contributed by atoms with van der Waals surface area (Å²) in [5.41, 5.74) is 6.39. The second-order valence-electron chi connectivity index (χ2n) is 6.16. The Morgan fingerprint density at radius 1 is 1.12 bits per heavy atom. The van der Waals surface area contributed by atoms with Gasteiger partial charge in [0.2, 0.25) is 0 Å². The monoisotopic (exact) mass is 320 g/mol. The van der Waals surface area contributed by atoms with Crippen molar-refractivity contribution >= 4 is 22.1 Å². The molecule has 2 N–H and O–H groups in total. The third kappa shape index (κ3) is 2.57. The van der Waals surface area contributed by atoms with E-state index in [1.165, 1.54) is 16.5 Å². The molecule has 4 rings (SSSR count). The first-order valence-electron chi connectivity index (χ1n) is 8.25. The highest BCUT2D eigenvalue weighted by atomic mass is 16.2. The van der Waals surface area contributed by atoms with Crippen molar-refractivity contribution in [2.75, 3.05) is 6.61 Å². The van der Waals surface area contributed by atoms with Gasteiger partial charge in [-0.25, -0.2) is 4.98 Å². The van der Waals surface area contributed by atoms with Crippen LogP contribution in [0.1, 0.15) is 18.4 Å². The maximum Gasteiger partial charge on any atom is 0.156 e. The maximum atomic E-state index is 8.96. The Labute approximate surface area is 140 Å². The first kappa shape index (κ1) is 14.9. The lowest BCUT2D eigenvalue weighted by atomic mass is 10.0. The molecule has 3 aromatic heterocycles. The van der Waals surface area contributed by atoms with Crippen molar-refractivity contribution in [3.8, 4) is 11.3 Å². The van der Waals surface area contributed by atoms with Crippen LogP contribution in [0.3, 0.4) is 0 Å². The van der Waals surface area contributed by atoms with Crippen LogP contribution in [0.4, 0.5) is 0 Å². The summed E-state index contributed by atoms with van der Waals surface area (Å²) in [6, 6.07) is 8.66. The molecule has 0 aliphatic heterocycles. The Hall–Kier alpha value is -2.66. The molecule has 5 nitrogen and oxygen atoms in total. The van der Waals surface area contributed by atoms with Gasteiger partial charge in [0, 0.05) is 48.7 Å². The predicted molar refractivity (Wildman–Crippen MR) is 95.8 cm³/mol. The molecule has 0 radical (unpaired) electrons. The minimum absolute atomic E-state index is 0.258. The Kier molecular flexibility index (Phi) is 3.78. The predicted octanol–water partition coefficient (Wildman–Crippen LogP) is 3.43. The van der Waals surface area contributed by atoms with Crippen molar-refractivity contribution in [3.05, 3.63) is 48.4 Å². The molecule has 24 heavy (non-hydrogen) atoms. The molecule has 0 saturated carbocycles. The summed E-state index contributed by atoms with van der Waals surface area (Å²) in [5.74, 6) is 0. The molecule has 0 spiro atoms. The molecule has 122 valence electrons. The zero-order valence-corrected chi connectivity index (χ0v) is 13.7. The maximum absolute atomic E-state index is 8.96. The number of aryl methyl sites for hydroxylation is 2. The molecule has 0 amide bonds. The van der Waals surface area contributed by atoms with Gasteiger partial charge in [0.25, 0.3) is 0 Å². The minimum Gasteiger partial charge on any atom is -0.396 e. The Morgan fingerprint density at radius 3 is 2.83 bits per heavy atom. The Morgan fingerprint density at radius 2 is 2.00 bits per heavy atom. The smallest absolute Gasteiger partial charge is 0.156 e. The molecular formula is C19H20N4O. The van der Waals surface area contributed by atoms with Gasteiger partial charge in [-0.05, 0) is 43.0 Å². The van der Waals surface area contributed by atoms with E-state index in [2.05, 4.69) is 57.0 Å². The van der Waals surface area contributed by atoms with Crippen molar-refractivity contribution in [1.82, 2.24) is 19.5 Å². The number of aliphatic hydroxyl groups is 1. The van der Waals surface area contributed by atoms with E-state index in [9.17, 15) is 0 Å². The van der Waals surface area contributed by atoms with Crippen LogP contribution in [0.25, 0.3) is 33.3 Å². The van der Waals surface area contributed by atoms with Crippen LogP contribution in [0.5, 0.6) is 0 Å². The lowest BCUT2D eigenvalue weighted by Crippen LogP contribution is -1.89. The summed E-state index contributed by atoms with van der Waals surface area (Å²) >= 11 is 0. The first-order valence-corrected chi connectivity index (χ1v) is 8.25. The van der Waals surface area contributed by atoms with Crippen molar-refractivity contribution in [2.45, 2.75) is 19.3 Å². The van der Waals surface area contributed by atoms with Crippen LogP contribution in [0.2, 0.25) is 0 Å². The molecule has 3 heterocycles. The van der Waals surface area contributed by atoms with Crippen LogP contribution in [0, 0.1) is 0 Å². The van der Waals surface area contributed by atoms with Crippen molar-refractivity contribution in [2.24, 2.45) is 7.05 Å². The largest absolute Gasteiger partial charge is 0.396 e. The summed E-state index contributed by atoms with van der Waals surface area (Å²) in [4.78, 5) is 12.1. The molecule has 0 bridgehead atoms. The van der Waals surface area contributed by atoms with Crippen molar-refractivity contribution in [1.29, 1.82) is 0 Å². The lowest BCUT2D eigenvalue weighted by molar-refractivity contribution is 0.284. The van der Waals surface area contributed by atoms with Crippen molar-refractivity contribution < 1.29 is 5.11 Å². The molecule has 0 saturated heterocycles. The summed E-state index contributed by atoms with van der Waals surface area (Å²) < 4.78 is 2.15. The normalized spacial score (nSPS) is 11.6. The fourth-order valence-electron chi connectivity index (χ4n) is 3.25.